The van der Waals surface area contributed by atoms with Gasteiger partial charge in [-0.3, -0.25) is 0 Å². The first-order chi connectivity index (χ1) is 5.70. The lowest BCUT2D eigenvalue weighted by Crippen LogP contribution is -2.52. The van der Waals surface area contributed by atoms with Gasteiger partial charge in [-0.05, 0) is 32.2 Å². The van der Waals surface area contributed by atoms with Crippen LogP contribution < -0.4 is 5.32 Å². The zero-order valence-electron chi connectivity index (χ0n) is 8.59. The SMILES string of the molecule is CCC1N(C)C=CC1(CC)NC. The van der Waals surface area contributed by atoms with E-state index in [2.05, 4.69) is 50.4 Å². The van der Waals surface area contributed by atoms with Crippen LogP contribution in [0.1, 0.15) is 26.7 Å². The maximum absolute atomic E-state index is 3.43. The fraction of sp³-hybridized carbons (Fsp3) is 0.800. The van der Waals surface area contributed by atoms with Crippen LogP contribution in [0.5, 0.6) is 0 Å². The summed E-state index contributed by atoms with van der Waals surface area (Å²) in [6.07, 6.45) is 6.83. The topological polar surface area (TPSA) is 15.3 Å². The molecule has 0 radical (unpaired) electrons. The van der Waals surface area contributed by atoms with Crippen molar-refractivity contribution in [3.8, 4) is 0 Å². The molecule has 0 fully saturated rings. The standard InChI is InChI=1S/C10H20N2/c1-5-9-10(6-2,11-3)7-8-12(9)4/h7-9,11H,5-6H2,1-4H3. The summed E-state index contributed by atoms with van der Waals surface area (Å²) < 4.78 is 0. The average Bonchev–Trinajstić information content (AvgIpc) is 2.43. The van der Waals surface area contributed by atoms with Crippen molar-refractivity contribution in [1.29, 1.82) is 0 Å². The Balaban J connectivity index is 2.81. The molecule has 0 aromatic rings. The lowest BCUT2D eigenvalue weighted by Gasteiger charge is -2.36. The van der Waals surface area contributed by atoms with Gasteiger partial charge in [0.15, 0.2) is 0 Å². The smallest absolute Gasteiger partial charge is 0.0582 e. The number of rotatable bonds is 3. The van der Waals surface area contributed by atoms with Crippen LogP contribution in [0.25, 0.3) is 0 Å². The second-order valence-corrected chi connectivity index (χ2v) is 3.55. The van der Waals surface area contributed by atoms with E-state index < -0.39 is 0 Å². The summed E-state index contributed by atoms with van der Waals surface area (Å²) in [6, 6.07) is 0.618. The van der Waals surface area contributed by atoms with E-state index in [1.54, 1.807) is 0 Å². The van der Waals surface area contributed by atoms with E-state index in [1.165, 1.54) is 6.42 Å². The summed E-state index contributed by atoms with van der Waals surface area (Å²) in [5.41, 5.74) is 0.212. The molecule has 70 valence electrons. The van der Waals surface area contributed by atoms with Crippen molar-refractivity contribution in [2.45, 2.75) is 38.3 Å². The van der Waals surface area contributed by atoms with Gasteiger partial charge in [0.05, 0.1) is 5.54 Å². The predicted octanol–water partition coefficient (Wildman–Crippen LogP) is 1.59. The summed E-state index contributed by atoms with van der Waals surface area (Å²) in [7, 11) is 4.20. The van der Waals surface area contributed by atoms with Crippen LogP contribution in [0, 0.1) is 0 Å². The quantitative estimate of drug-likeness (QED) is 0.688. The van der Waals surface area contributed by atoms with Gasteiger partial charge in [0, 0.05) is 13.1 Å². The molecule has 2 atom stereocenters. The van der Waals surface area contributed by atoms with Crippen molar-refractivity contribution in [2.75, 3.05) is 14.1 Å². The van der Waals surface area contributed by atoms with Crippen LogP contribution >= 0.6 is 0 Å². The van der Waals surface area contributed by atoms with Crippen LogP contribution in [-0.4, -0.2) is 30.6 Å². The molecule has 0 bridgehead atoms. The Morgan fingerprint density at radius 3 is 2.50 bits per heavy atom. The van der Waals surface area contributed by atoms with Crippen molar-refractivity contribution in [1.82, 2.24) is 10.2 Å². The largest absolute Gasteiger partial charge is 0.375 e. The lowest BCUT2D eigenvalue weighted by molar-refractivity contribution is 0.224. The van der Waals surface area contributed by atoms with Crippen LogP contribution in [0.2, 0.25) is 0 Å². The summed E-state index contributed by atoms with van der Waals surface area (Å²) >= 11 is 0. The van der Waals surface area contributed by atoms with Crippen molar-refractivity contribution in [3.63, 3.8) is 0 Å². The van der Waals surface area contributed by atoms with E-state index in [0.717, 1.165) is 6.42 Å². The minimum atomic E-state index is 0.212. The second kappa shape index (κ2) is 3.48. The molecule has 2 unspecified atom stereocenters. The number of nitrogens with zero attached hydrogens (tertiary/aromatic N) is 1. The molecular weight excluding hydrogens is 148 g/mol. The Labute approximate surface area is 75.6 Å². The van der Waals surface area contributed by atoms with Crippen LogP contribution in [-0.2, 0) is 0 Å². The van der Waals surface area contributed by atoms with E-state index >= 15 is 0 Å². The molecule has 1 aliphatic heterocycles. The minimum Gasteiger partial charge on any atom is -0.375 e. The third-order valence-electron chi connectivity index (χ3n) is 3.13. The molecule has 1 rings (SSSR count). The Hall–Kier alpha value is -0.500. The molecule has 0 spiro atoms. The van der Waals surface area contributed by atoms with Gasteiger partial charge in [0.25, 0.3) is 0 Å². The third-order valence-corrected chi connectivity index (χ3v) is 3.13. The first-order valence-corrected chi connectivity index (χ1v) is 4.80. The van der Waals surface area contributed by atoms with Gasteiger partial charge in [0.2, 0.25) is 0 Å². The Bertz CT molecular complexity index is 171. The van der Waals surface area contributed by atoms with Gasteiger partial charge in [0.1, 0.15) is 0 Å². The molecule has 0 saturated heterocycles. The molecule has 0 aliphatic carbocycles. The third kappa shape index (κ3) is 1.24. The van der Waals surface area contributed by atoms with Crippen LogP contribution in [0.15, 0.2) is 12.3 Å². The molecule has 0 saturated carbocycles. The predicted molar refractivity (Wildman–Crippen MR) is 53.1 cm³/mol. The summed E-state index contributed by atoms with van der Waals surface area (Å²) in [6.45, 7) is 4.48. The monoisotopic (exact) mass is 168 g/mol. The van der Waals surface area contributed by atoms with Gasteiger partial charge in [-0.1, -0.05) is 13.8 Å². The van der Waals surface area contributed by atoms with Gasteiger partial charge < -0.3 is 10.2 Å². The Kier molecular flexibility index (Phi) is 2.78. The zero-order chi connectivity index (χ0) is 9.19. The molecule has 1 aliphatic rings. The summed E-state index contributed by atoms with van der Waals surface area (Å²) in [5.74, 6) is 0. The molecule has 12 heavy (non-hydrogen) atoms. The summed E-state index contributed by atoms with van der Waals surface area (Å²) in [5, 5.41) is 3.43. The molecule has 0 aromatic carbocycles. The maximum atomic E-state index is 3.43. The van der Waals surface area contributed by atoms with E-state index in [-0.39, 0.29) is 5.54 Å². The molecular formula is C10H20N2. The molecule has 2 nitrogen and oxygen atoms in total. The van der Waals surface area contributed by atoms with E-state index in [0.29, 0.717) is 6.04 Å². The van der Waals surface area contributed by atoms with E-state index in [1.807, 2.05) is 0 Å². The van der Waals surface area contributed by atoms with Crippen molar-refractivity contribution < 1.29 is 0 Å². The zero-order valence-corrected chi connectivity index (χ0v) is 8.59. The molecule has 2 heteroatoms. The molecule has 0 amide bonds. The highest BCUT2D eigenvalue weighted by Crippen LogP contribution is 2.29. The first kappa shape index (κ1) is 9.59. The van der Waals surface area contributed by atoms with Gasteiger partial charge in [-0.25, -0.2) is 0 Å². The highest BCUT2D eigenvalue weighted by atomic mass is 15.2. The summed E-state index contributed by atoms with van der Waals surface area (Å²) in [4.78, 5) is 2.31. The molecule has 0 aromatic heterocycles. The fourth-order valence-electron chi connectivity index (χ4n) is 2.26. The fourth-order valence-corrected chi connectivity index (χ4v) is 2.26. The highest BCUT2D eigenvalue weighted by molar-refractivity contribution is 5.18. The van der Waals surface area contributed by atoms with Crippen LogP contribution in [0.3, 0.4) is 0 Å². The number of hydrogen-bond acceptors (Lipinski definition) is 2. The van der Waals surface area contributed by atoms with Crippen molar-refractivity contribution in [2.24, 2.45) is 0 Å². The van der Waals surface area contributed by atoms with Gasteiger partial charge >= 0.3 is 0 Å². The first-order valence-electron chi connectivity index (χ1n) is 4.80. The number of likely N-dealkylation sites (N-methyl/N-ethyl adjacent to an activating group) is 2. The van der Waals surface area contributed by atoms with Gasteiger partial charge in [-0.2, -0.15) is 0 Å². The Morgan fingerprint density at radius 2 is 2.17 bits per heavy atom. The lowest BCUT2D eigenvalue weighted by atomic mass is 9.87. The van der Waals surface area contributed by atoms with Crippen LogP contribution in [0.4, 0.5) is 0 Å². The van der Waals surface area contributed by atoms with E-state index in [4.69, 9.17) is 0 Å². The van der Waals surface area contributed by atoms with Crippen molar-refractivity contribution in [3.05, 3.63) is 12.3 Å². The molecule has 1 N–H and O–H groups in total. The van der Waals surface area contributed by atoms with E-state index in [9.17, 15) is 0 Å². The molecule has 1 heterocycles. The normalized spacial score (nSPS) is 34.7. The van der Waals surface area contributed by atoms with Crippen molar-refractivity contribution >= 4 is 0 Å². The second-order valence-electron chi connectivity index (χ2n) is 3.55. The highest BCUT2D eigenvalue weighted by Gasteiger charge is 2.37. The average molecular weight is 168 g/mol. The number of hydrogen-bond donors (Lipinski definition) is 1. The number of nitrogens with one attached hydrogen (secondary N) is 1. The van der Waals surface area contributed by atoms with Gasteiger partial charge in [-0.15, -0.1) is 0 Å². The Morgan fingerprint density at radius 1 is 1.50 bits per heavy atom. The minimum absolute atomic E-state index is 0.212. The maximum Gasteiger partial charge on any atom is 0.0582 e.